The minimum atomic E-state index is -0.00951. The molecule has 2 aliphatic heterocycles. The minimum absolute atomic E-state index is 0.00951. The van der Waals surface area contributed by atoms with Gasteiger partial charge in [0.1, 0.15) is 22.7 Å². The zero-order valence-electron chi connectivity index (χ0n) is 22.2. The fraction of sp³-hybridized carbons (Fsp3) is 0.357. The second kappa shape index (κ2) is 12.6. The van der Waals surface area contributed by atoms with Crippen LogP contribution in [0.15, 0.2) is 45.6 Å². The summed E-state index contributed by atoms with van der Waals surface area (Å²) in [4.78, 5) is 45.7. The van der Waals surface area contributed by atoms with E-state index in [9.17, 15) is 9.59 Å². The molecule has 0 saturated carbocycles. The van der Waals surface area contributed by atoms with Gasteiger partial charge in [-0.25, -0.2) is 9.97 Å². The standard InChI is InChI=1S/2C14H14BrN3O2/c1-9(19)11-6-10(15)7-12-14(11)17-13(8-16-12)18-2-4-20-5-3-18;1-9(19)10-6-11(15)14-12(7-10)16-8-13(17-14)18-2-4-20-5-3-18/h2*6-8H,2-5H2,1H3. The van der Waals surface area contributed by atoms with Crippen LogP contribution in [0.5, 0.6) is 0 Å². The number of anilines is 2. The molecule has 0 radical (unpaired) electrons. The lowest BCUT2D eigenvalue weighted by molar-refractivity contribution is 0.101. The number of rotatable bonds is 4. The van der Waals surface area contributed by atoms with Crippen molar-refractivity contribution in [3.05, 3.63) is 56.7 Å². The molecule has 208 valence electrons. The monoisotopic (exact) mass is 670 g/mol. The van der Waals surface area contributed by atoms with Crippen LogP contribution in [-0.4, -0.2) is 84.1 Å². The van der Waals surface area contributed by atoms with Crippen LogP contribution in [0.1, 0.15) is 34.6 Å². The van der Waals surface area contributed by atoms with Gasteiger partial charge in [0, 0.05) is 46.3 Å². The van der Waals surface area contributed by atoms with Crippen molar-refractivity contribution in [3.8, 4) is 0 Å². The Morgan fingerprint density at radius 2 is 1.25 bits per heavy atom. The molecule has 10 nitrogen and oxygen atoms in total. The highest BCUT2D eigenvalue weighted by Gasteiger charge is 2.17. The van der Waals surface area contributed by atoms with E-state index in [0.717, 1.165) is 63.3 Å². The molecule has 6 rings (SSSR count). The number of Topliss-reactive ketones (excluding diaryl/α,β-unsaturated/α-hetero) is 2. The van der Waals surface area contributed by atoms with Gasteiger partial charge < -0.3 is 19.3 Å². The third-order valence-corrected chi connectivity index (χ3v) is 7.71. The van der Waals surface area contributed by atoms with Gasteiger partial charge in [-0.1, -0.05) is 15.9 Å². The van der Waals surface area contributed by atoms with E-state index in [0.29, 0.717) is 43.1 Å². The first-order chi connectivity index (χ1) is 19.3. The normalized spacial score (nSPS) is 15.6. The summed E-state index contributed by atoms with van der Waals surface area (Å²) in [6.45, 7) is 9.14. The van der Waals surface area contributed by atoms with Crippen LogP contribution in [0.3, 0.4) is 0 Å². The second-order valence-corrected chi connectivity index (χ2v) is 11.2. The van der Waals surface area contributed by atoms with Crippen molar-refractivity contribution in [1.82, 2.24) is 19.9 Å². The molecule has 0 N–H and O–H groups in total. The SMILES string of the molecule is CC(=O)c1cc(Br)c2nc(N3CCOCC3)cnc2c1.CC(=O)c1cc(Br)cc2ncc(N3CCOCC3)nc12. The molecule has 0 atom stereocenters. The van der Waals surface area contributed by atoms with E-state index < -0.39 is 0 Å². The van der Waals surface area contributed by atoms with Crippen LogP contribution in [0, 0.1) is 0 Å². The summed E-state index contributed by atoms with van der Waals surface area (Å²) in [5.74, 6) is 1.65. The van der Waals surface area contributed by atoms with Crippen LogP contribution in [0.25, 0.3) is 22.1 Å². The molecule has 0 bridgehead atoms. The lowest BCUT2D eigenvalue weighted by atomic mass is 10.1. The van der Waals surface area contributed by atoms with E-state index in [1.54, 1.807) is 44.4 Å². The van der Waals surface area contributed by atoms with Crippen LogP contribution >= 0.6 is 31.9 Å². The third kappa shape index (κ3) is 6.46. The number of hydrogen-bond acceptors (Lipinski definition) is 10. The number of benzene rings is 2. The highest BCUT2D eigenvalue weighted by molar-refractivity contribution is 9.11. The van der Waals surface area contributed by atoms with Gasteiger partial charge >= 0.3 is 0 Å². The van der Waals surface area contributed by atoms with Gasteiger partial charge in [-0.15, -0.1) is 0 Å². The molecule has 2 fully saturated rings. The zero-order valence-corrected chi connectivity index (χ0v) is 25.4. The molecule has 12 heteroatoms. The number of carbonyl (C=O) groups is 2. The van der Waals surface area contributed by atoms with Gasteiger partial charge in [0.05, 0.1) is 49.9 Å². The van der Waals surface area contributed by atoms with E-state index in [1.165, 1.54) is 0 Å². The Kier molecular flexibility index (Phi) is 8.99. The van der Waals surface area contributed by atoms with E-state index in [2.05, 4.69) is 61.6 Å². The second-order valence-electron chi connectivity index (χ2n) is 9.41. The first-order valence-electron chi connectivity index (χ1n) is 12.9. The molecule has 2 aromatic carbocycles. The lowest BCUT2D eigenvalue weighted by Crippen LogP contribution is -2.36. The summed E-state index contributed by atoms with van der Waals surface area (Å²) in [7, 11) is 0. The summed E-state index contributed by atoms with van der Waals surface area (Å²) < 4.78 is 12.3. The molecule has 0 amide bonds. The lowest BCUT2D eigenvalue weighted by Gasteiger charge is -2.27. The molecular formula is C28H28Br2N6O4. The van der Waals surface area contributed by atoms with E-state index in [-0.39, 0.29) is 11.6 Å². The molecule has 2 saturated heterocycles. The Morgan fingerprint density at radius 1 is 0.725 bits per heavy atom. The minimum Gasteiger partial charge on any atom is -0.378 e. The van der Waals surface area contributed by atoms with Crippen molar-refractivity contribution in [3.63, 3.8) is 0 Å². The summed E-state index contributed by atoms with van der Waals surface area (Å²) in [6.07, 6.45) is 3.51. The number of morpholine rings is 2. The predicted octanol–water partition coefficient (Wildman–Crippen LogP) is 4.86. The topological polar surface area (TPSA) is 111 Å². The van der Waals surface area contributed by atoms with E-state index in [4.69, 9.17) is 9.47 Å². The maximum absolute atomic E-state index is 11.8. The van der Waals surface area contributed by atoms with Gasteiger partial charge in [-0.05, 0) is 54.0 Å². The fourth-order valence-electron chi connectivity index (χ4n) is 4.50. The van der Waals surface area contributed by atoms with E-state index >= 15 is 0 Å². The quantitative estimate of drug-likeness (QED) is 0.279. The number of hydrogen-bond donors (Lipinski definition) is 0. The fourth-order valence-corrected chi connectivity index (χ4v) is 5.48. The van der Waals surface area contributed by atoms with Crippen LogP contribution in [0.2, 0.25) is 0 Å². The Hall–Kier alpha value is -3.06. The summed E-state index contributed by atoms with van der Waals surface area (Å²) in [5, 5.41) is 0. The van der Waals surface area contributed by atoms with Crippen molar-refractivity contribution >= 4 is 77.1 Å². The van der Waals surface area contributed by atoms with E-state index in [1.807, 2.05) is 6.07 Å². The molecule has 2 aromatic heterocycles. The molecule has 0 aliphatic carbocycles. The van der Waals surface area contributed by atoms with Crippen LogP contribution in [-0.2, 0) is 9.47 Å². The molecule has 4 aromatic rings. The highest BCUT2D eigenvalue weighted by Crippen LogP contribution is 2.26. The van der Waals surface area contributed by atoms with Gasteiger partial charge in [0.2, 0.25) is 0 Å². The zero-order chi connectivity index (χ0) is 28.2. The van der Waals surface area contributed by atoms with Crippen molar-refractivity contribution in [2.24, 2.45) is 0 Å². The maximum atomic E-state index is 11.8. The van der Waals surface area contributed by atoms with Crippen LogP contribution < -0.4 is 9.80 Å². The number of nitrogens with zero attached hydrogens (tertiary/aromatic N) is 6. The van der Waals surface area contributed by atoms with Gasteiger partial charge in [-0.3, -0.25) is 19.6 Å². The van der Waals surface area contributed by atoms with Crippen molar-refractivity contribution in [2.45, 2.75) is 13.8 Å². The Bertz CT molecular complexity index is 1570. The van der Waals surface area contributed by atoms with Crippen LogP contribution in [0.4, 0.5) is 11.6 Å². The first kappa shape index (κ1) is 28.5. The Morgan fingerprint density at radius 3 is 1.77 bits per heavy atom. The molecule has 4 heterocycles. The molecule has 40 heavy (non-hydrogen) atoms. The van der Waals surface area contributed by atoms with Crippen molar-refractivity contribution < 1.29 is 19.1 Å². The Balaban J connectivity index is 0.000000161. The maximum Gasteiger partial charge on any atom is 0.162 e. The number of carbonyl (C=O) groups excluding carboxylic acids is 2. The number of fused-ring (bicyclic) bond motifs is 2. The summed E-state index contributed by atoms with van der Waals surface area (Å²) >= 11 is 6.88. The number of halogens is 2. The third-order valence-electron chi connectivity index (χ3n) is 6.64. The number of aromatic nitrogens is 4. The molecule has 0 unspecified atom stereocenters. The number of ether oxygens (including phenoxy) is 2. The largest absolute Gasteiger partial charge is 0.378 e. The van der Waals surface area contributed by atoms with Gasteiger partial charge in [0.15, 0.2) is 11.6 Å². The van der Waals surface area contributed by atoms with Crippen molar-refractivity contribution in [1.29, 1.82) is 0 Å². The predicted molar refractivity (Wildman–Crippen MR) is 161 cm³/mol. The highest BCUT2D eigenvalue weighted by atomic mass is 79.9. The summed E-state index contributed by atoms with van der Waals surface area (Å²) in [5.41, 5.74) is 4.11. The number of ketones is 2. The smallest absolute Gasteiger partial charge is 0.162 e. The molecular weight excluding hydrogens is 644 g/mol. The van der Waals surface area contributed by atoms with Gasteiger partial charge in [-0.2, -0.15) is 0 Å². The summed E-state index contributed by atoms with van der Waals surface area (Å²) in [6, 6.07) is 7.24. The van der Waals surface area contributed by atoms with Gasteiger partial charge in [0.25, 0.3) is 0 Å². The molecule has 0 spiro atoms. The average Bonchev–Trinajstić information content (AvgIpc) is 2.97. The molecule has 2 aliphatic rings. The van der Waals surface area contributed by atoms with Crippen molar-refractivity contribution in [2.75, 3.05) is 62.4 Å². The average molecular weight is 672 g/mol. The Labute approximate surface area is 248 Å². The first-order valence-corrected chi connectivity index (χ1v) is 14.5.